The third-order valence-electron chi connectivity index (χ3n) is 4.75. The van der Waals surface area contributed by atoms with E-state index in [9.17, 15) is 9.18 Å². The Morgan fingerprint density at radius 2 is 1.97 bits per heavy atom. The highest BCUT2D eigenvalue weighted by Crippen LogP contribution is 2.20. The zero-order valence-corrected chi connectivity index (χ0v) is 18.2. The van der Waals surface area contributed by atoms with Gasteiger partial charge in [0.05, 0.1) is 24.4 Å². The van der Waals surface area contributed by atoms with Gasteiger partial charge in [-0.1, -0.05) is 18.2 Å². The van der Waals surface area contributed by atoms with Crippen molar-refractivity contribution in [2.24, 2.45) is 0 Å². The fraction of sp³-hybridized carbons (Fsp3) is 0.304. The van der Waals surface area contributed by atoms with Crippen LogP contribution in [0.3, 0.4) is 0 Å². The van der Waals surface area contributed by atoms with Crippen LogP contribution in [0.4, 0.5) is 4.39 Å². The number of benzene rings is 2. The van der Waals surface area contributed by atoms with Crippen LogP contribution in [0.2, 0.25) is 0 Å². The second-order valence-corrected chi connectivity index (χ2v) is 7.91. The maximum absolute atomic E-state index is 14.1. The van der Waals surface area contributed by atoms with E-state index in [1.807, 2.05) is 30.5 Å². The summed E-state index contributed by atoms with van der Waals surface area (Å²) in [5.41, 5.74) is 3.17. The monoisotopic (exact) mass is 428 g/mol. The first-order chi connectivity index (χ1) is 14.5. The number of carbonyl (C=O) groups is 1. The fourth-order valence-electron chi connectivity index (χ4n) is 2.89. The minimum absolute atomic E-state index is 0.0436. The summed E-state index contributed by atoms with van der Waals surface area (Å²) < 4.78 is 25.0. The average Bonchev–Trinajstić information content (AvgIpc) is 3.19. The number of hydrogen-bond acceptors (Lipinski definition) is 5. The molecule has 2 aromatic carbocycles. The van der Waals surface area contributed by atoms with E-state index in [0.29, 0.717) is 19.8 Å². The molecule has 0 aliphatic rings. The van der Waals surface area contributed by atoms with Crippen molar-refractivity contribution in [3.05, 3.63) is 81.1 Å². The van der Waals surface area contributed by atoms with Gasteiger partial charge in [-0.05, 0) is 49.2 Å². The molecule has 1 amide bonds. The van der Waals surface area contributed by atoms with Crippen LogP contribution in [0.15, 0.2) is 47.8 Å². The van der Waals surface area contributed by atoms with Crippen molar-refractivity contribution in [2.45, 2.75) is 27.0 Å². The van der Waals surface area contributed by atoms with Gasteiger partial charge >= 0.3 is 0 Å². The normalized spacial score (nSPS) is 10.8. The van der Waals surface area contributed by atoms with E-state index >= 15 is 0 Å². The number of nitrogens with zero attached hydrogens (tertiary/aromatic N) is 2. The molecule has 30 heavy (non-hydrogen) atoms. The molecule has 0 unspecified atom stereocenters. The standard InChI is InChI=1S/C23H25FN2O3S/c1-16-8-9-19(12-17(16)2)29-14-22-25-18(15-30-22)13-26(10-11-28-3)23(27)20-6-4-5-7-21(20)24/h4-9,12,15H,10-11,13-14H2,1-3H3. The molecule has 7 heteroatoms. The van der Waals surface area contributed by atoms with Crippen LogP contribution in [-0.4, -0.2) is 36.1 Å². The van der Waals surface area contributed by atoms with Gasteiger partial charge in [-0.2, -0.15) is 0 Å². The highest BCUT2D eigenvalue weighted by molar-refractivity contribution is 7.09. The van der Waals surface area contributed by atoms with Gasteiger partial charge in [-0.15, -0.1) is 11.3 Å². The Balaban J connectivity index is 1.66. The topological polar surface area (TPSA) is 51.7 Å². The van der Waals surface area contributed by atoms with E-state index in [1.54, 1.807) is 24.1 Å². The first kappa shape index (κ1) is 21.9. The molecule has 3 rings (SSSR count). The van der Waals surface area contributed by atoms with Crippen LogP contribution in [0.5, 0.6) is 5.75 Å². The van der Waals surface area contributed by atoms with Crippen molar-refractivity contribution in [2.75, 3.05) is 20.3 Å². The molecule has 0 atom stereocenters. The minimum atomic E-state index is -0.536. The van der Waals surface area contributed by atoms with E-state index in [1.165, 1.54) is 34.6 Å². The molecular weight excluding hydrogens is 403 g/mol. The van der Waals surface area contributed by atoms with Crippen molar-refractivity contribution in [3.8, 4) is 5.75 Å². The van der Waals surface area contributed by atoms with Crippen molar-refractivity contribution >= 4 is 17.2 Å². The third kappa shape index (κ3) is 5.64. The van der Waals surface area contributed by atoms with Crippen molar-refractivity contribution < 1.29 is 18.7 Å². The number of methoxy groups -OCH3 is 1. The fourth-order valence-corrected chi connectivity index (χ4v) is 3.59. The van der Waals surface area contributed by atoms with Gasteiger partial charge in [0.25, 0.3) is 5.91 Å². The average molecular weight is 429 g/mol. The van der Waals surface area contributed by atoms with E-state index in [0.717, 1.165) is 16.5 Å². The lowest BCUT2D eigenvalue weighted by molar-refractivity contribution is 0.0673. The molecule has 0 spiro atoms. The minimum Gasteiger partial charge on any atom is -0.486 e. The van der Waals surface area contributed by atoms with Crippen LogP contribution in [0.1, 0.15) is 32.2 Å². The molecule has 0 fully saturated rings. The van der Waals surface area contributed by atoms with Gasteiger partial charge in [0.1, 0.15) is 23.2 Å². The van der Waals surface area contributed by atoms with E-state index < -0.39 is 5.82 Å². The molecule has 158 valence electrons. The molecule has 0 saturated carbocycles. The number of aromatic nitrogens is 1. The number of ether oxygens (including phenoxy) is 2. The number of hydrogen-bond donors (Lipinski definition) is 0. The first-order valence-corrected chi connectivity index (χ1v) is 10.5. The number of rotatable bonds is 9. The maximum atomic E-state index is 14.1. The highest BCUT2D eigenvalue weighted by atomic mass is 32.1. The van der Waals surface area contributed by atoms with E-state index in [4.69, 9.17) is 9.47 Å². The van der Waals surface area contributed by atoms with Crippen LogP contribution >= 0.6 is 11.3 Å². The van der Waals surface area contributed by atoms with Crippen LogP contribution in [0.25, 0.3) is 0 Å². The first-order valence-electron chi connectivity index (χ1n) is 9.64. The summed E-state index contributed by atoms with van der Waals surface area (Å²) in [6.07, 6.45) is 0. The van der Waals surface area contributed by atoms with E-state index in [-0.39, 0.29) is 18.0 Å². The molecule has 0 saturated heterocycles. The van der Waals surface area contributed by atoms with Crippen molar-refractivity contribution in [1.29, 1.82) is 0 Å². The van der Waals surface area contributed by atoms with Crippen molar-refractivity contribution in [3.63, 3.8) is 0 Å². The summed E-state index contributed by atoms with van der Waals surface area (Å²) in [4.78, 5) is 19.0. The number of carbonyl (C=O) groups excluding carboxylic acids is 1. The molecule has 0 aliphatic carbocycles. The maximum Gasteiger partial charge on any atom is 0.257 e. The smallest absolute Gasteiger partial charge is 0.257 e. The molecule has 0 bridgehead atoms. The second kappa shape index (κ2) is 10.3. The quantitative estimate of drug-likeness (QED) is 0.493. The number of amides is 1. The summed E-state index contributed by atoms with van der Waals surface area (Å²) >= 11 is 1.47. The second-order valence-electron chi connectivity index (χ2n) is 6.97. The largest absolute Gasteiger partial charge is 0.486 e. The summed E-state index contributed by atoms with van der Waals surface area (Å²) in [5, 5.41) is 2.71. The van der Waals surface area contributed by atoms with Crippen LogP contribution < -0.4 is 4.74 Å². The lowest BCUT2D eigenvalue weighted by Gasteiger charge is -2.21. The summed E-state index contributed by atoms with van der Waals surface area (Å²) in [6.45, 7) is 5.43. The summed E-state index contributed by atoms with van der Waals surface area (Å²) in [6, 6.07) is 12.0. The molecule has 1 aromatic heterocycles. The zero-order chi connectivity index (χ0) is 21.5. The SMILES string of the molecule is COCCN(Cc1csc(COc2ccc(C)c(C)c2)n1)C(=O)c1ccccc1F. The van der Waals surface area contributed by atoms with Crippen LogP contribution in [0, 0.1) is 19.7 Å². The molecule has 0 aliphatic heterocycles. The Labute approximate surface area is 180 Å². The van der Waals surface area contributed by atoms with Gasteiger partial charge in [-0.3, -0.25) is 4.79 Å². The molecular formula is C23H25FN2O3S. The Kier molecular flexibility index (Phi) is 7.54. The Hall–Kier alpha value is -2.77. The molecule has 0 radical (unpaired) electrons. The third-order valence-corrected chi connectivity index (χ3v) is 5.62. The van der Waals surface area contributed by atoms with Gasteiger partial charge in [-0.25, -0.2) is 9.37 Å². The van der Waals surface area contributed by atoms with E-state index in [2.05, 4.69) is 11.9 Å². The predicted molar refractivity (Wildman–Crippen MR) is 115 cm³/mol. The zero-order valence-electron chi connectivity index (χ0n) is 17.4. The molecule has 3 aromatic rings. The summed E-state index contributed by atoms with van der Waals surface area (Å²) in [5.74, 6) is -0.122. The van der Waals surface area contributed by atoms with Crippen LogP contribution in [-0.2, 0) is 17.9 Å². The van der Waals surface area contributed by atoms with Gasteiger partial charge in [0, 0.05) is 19.0 Å². The highest BCUT2D eigenvalue weighted by Gasteiger charge is 2.20. The molecule has 0 N–H and O–H groups in total. The van der Waals surface area contributed by atoms with Crippen molar-refractivity contribution in [1.82, 2.24) is 9.88 Å². The Morgan fingerprint density at radius 3 is 2.70 bits per heavy atom. The number of aryl methyl sites for hydroxylation is 2. The van der Waals surface area contributed by atoms with Gasteiger partial charge in [0.15, 0.2) is 0 Å². The number of thiazole rings is 1. The van der Waals surface area contributed by atoms with Gasteiger partial charge in [0.2, 0.25) is 0 Å². The Bertz CT molecular complexity index is 1010. The lowest BCUT2D eigenvalue weighted by Crippen LogP contribution is -2.34. The lowest BCUT2D eigenvalue weighted by atomic mass is 10.1. The summed E-state index contributed by atoms with van der Waals surface area (Å²) in [7, 11) is 1.57. The predicted octanol–water partition coefficient (Wildman–Crippen LogP) is 4.77. The molecule has 5 nitrogen and oxygen atoms in total. The van der Waals surface area contributed by atoms with Gasteiger partial charge < -0.3 is 14.4 Å². The Morgan fingerprint density at radius 1 is 1.17 bits per heavy atom. The molecule has 1 heterocycles. The number of halogens is 1.